The number of unbranched alkanes of at least 4 members (excludes halogenated alkanes) is 1. The molecular formula is C30H32BrClN4O6. The molecule has 0 bridgehead atoms. The third kappa shape index (κ3) is 6.37. The minimum Gasteiger partial charge on any atom is -0.461 e. The van der Waals surface area contributed by atoms with Crippen molar-refractivity contribution < 1.29 is 24.0 Å². The van der Waals surface area contributed by atoms with Crippen molar-refractivity contribution in [3.8, 4) is 11.3 Å². The molecule has 0 spiro atoms. The standard InChI is InChI=1S/C30H32BrClN4O6/c1-6-8-13-23-33-27(32)26(28(37)41-7-2)34(23)17-18-14-15-21-20(16-18)24(31)25(35(21)29(38)42-30(3,4)5)19-11-9-10-12-22(19)36(39)40/h9-12,14-16H,6-8,13,17H2,1-5H3. The summed E-state index contributed by atoms with van der Waals surface area (Å²) in [4.78, 5) is 42.3. The smallest absolute Gasteiger partial charge is 0.419 e. The van der Waals surface area contributed by atoms with Gasteiger partial charge in [0.25, 0.3) is 5.69 Å². The molecule has 0 radical (unpaired) electrons. The second-order valence-electron chi connectivity index (χ2n) is 10.7. The van der Waals surface area contributed by atoms with Crippen LogP contribution in [0.25, 0.3) is 22.2 Å². The lowest BCUT2D eigenvalue weighted by Gasteiger charge is -2.21. The van der Waals surface area contributed by atoms with Gasteiger partial charge in [0.2, 0.25) is 0 Å². The molecule has 0 aliphatic rings. The molecule has 2 heterocycles. The average Bonchev–Trinajstić information content (AvgIpc) is 3.39. The van der Waals surface area contributed by atoms with Crippen LogP contribution in [-0.2, 0) is 22.4 Å². The summed E-state index contributed by atoms with van der Waals surface area (Å²) in [5.74, 6) is 0.103. The Balaban J connectivity index is 1.92. The van der Waals surface area contributed by atoms with Crippen molar-refractivity contribution >= 4 is 56.2 Å². The zero-order valence-electron chi connectivity index (χ0n) is 24.1. The second-order valence-corrected chi connectivity index (χ2v) is 11.8. The van der Waals surface area contributed by atoms with Crippen molar-refractivity contribution in [1.82, 2.24) is 14.1 Å². The maximum Gasteiger partial charge on any atom is 0.419 e. The molecule has 4 rings (SSSR count). The number of hydrogen-bond donors (Lipinski definition) is 0. The van der Waals surface area contributed by atoms with Gasteiger partial charge in [-0.15, -0.1) is 0 Å². The first-order valence-electron chi connectivity index (χ1n) is 13.6. The van der Waals surface area contributed by atoms with E-state index in [2.05, 4.69) is 27.8 Å². The van der Waals surface area contributed by atoms with Gasteiger partial charge in [0.15, 0.2) is 10.8 Å². The Hall–Kier alpha value is -3.70. The molecule has 0 aliphatic carbocycles. The average molecular weight is 660 g/mol. The summed E-state index contributed by atoms with van der Waals surface area (Å²) in [7, 11) is 0. The van der Waals surface area contributed by atoms with Crippen LogP contribution in [0.3, 0.4) is 0 Å². The van der Waals surface area contributed by atoms with Crippen LogP contribution in [0.4, 0.5) is 10.5 Å². The fraction of sp³-hybridized carbons (Fsp3) is 0.367. The Labute approximate surface area is 256 Å². The van der Waals surface area contributed by atoms with Gasteiger partial charge in [-0.2, -0.15) is 0 Å². The van der Waals surface area contributed by atoms with Crippen molar-refractivity contribution in [2.45, 2.75) is 66.0 Å². The second kappa shape index (κ2) is 12.7. The molecule has 0 amide bonds. The summed E-state index contributed by atoms with van der Waals surface area (Å²) in [6.45, 7) is 9.49. The van der Waals surface area contributed by atoms with E-state index in [0.29, 0.717) is 33.3 Å². The van der Waals surface area contributed by atoms with E-state index in [-0.39, 0.29) is 35.2 Å². The van der Waals surface area contributed by atoms with E-state index < -0.39 is 22.6 Å². The molecule has 2 aromatic heterocycles. The molecule has 4 aromatic rings. The van der Waals surface area contributed by atoms with Crippen LogP contribution in [0.1, 0.15) is 69.3 Å². The Morgan fingerprint density at radius 2 is 1.86 bits per heavy atom. The van der Waals surface area contributed by atoms with E-state index in [1.807, 2.05) is 12.1 Å². The van der Waals surface area contributed by atoms with Gasteiger partial charge in [-0.3, -0.25) is 10.1 Å². The number of nitro groups is 1. The molecule has 2 aromatic carbocycles. The van der Waals surface area contributed by atoms with E-state index in [1.54, 1.807) is 56.5 Å². The zero-order chi connectivity index (χ0) is 30.8. The number of aromatic nitrogens is 3. The van der Waals surface area contributed by atoms with Gasteiger partial charge in [0.05, 0.1) is 32.8 Å². The Morgan fingerprint density at radius 3 is 2.50 bits per heavy atom. The van der Waals surface area contributed by atoms with Crippen LogP contribution in [0.5, 0.6) is 0 Å². The van der Waals surface area contributed by atoms with Crippen molar-refractivity contribution in [1.29, 1.82) is 0 Å². The number of carbonyl (C=O) groups excluding carboxylic acids is 2. The van der Waals surface area contributed by atoms with Gasteiger partial charge in [-0.1, -0.05) is 43.1 Å². The lowest BCUT2D eigenvalue weighted by molar-refractivity contribution is -0.384. The predicted octanol–water partition coefficient (Wildman–Crippen LogP) is 8.18. The molecule has 0 unspecified atom stereocenters. The van der Waals surface area contributed by atoms with Crippen LogP contribution in [0.2, 0.25) is 5.15 Å². The highest BCUT2D eigenvalue weighted by atomic mass is 79.9. The molecule has 222 valence electrons. The van der Waals surface area contributed by atoms with Crippen LogP contribution in [0, 0.1) is 10.1 Å². The van der Waals surface area contributed by atoms with Crippen LogP contribution in [-0.4, -0.2) is 43.3 Å². The Bertz CT molecular complexity index is 1670. The van der Waals surface area contributed by atoms with Crippen LogP contribution in [0.15, 0.2) is 46.9 Å². The van der Waals surface area contributed by atoms with Gasteiger partial charge in [0, 0.05) is 24.4 Å². The van der Waals surface area contributed by atoms with E-state index in [1.165, 1.54) is 10.6 Å². The fourth-order valence-corrected chi connectivity index (χ4v) is 5.69. The highest BCUT2D eigenvalue weighted by molar-refractivity contribution is 9.10. The molecule has 0 saturated carbocycles. The highest BCUT2D eigenvalue weighted by Gasteiger charge is 2.30. The number of nitro benzene ring substituents is 1. The quantitative estimate of drug-likeness (QED) is 0.101. The normalized spacial score (nSPS) is 11.6. The van der Waals surface area contributed by atoms with Gasteiger partial charge < -0.3 is 14.0 Å². The first-order chi connectivity index (χ1) is 19.9. The number of hydrogen-bond acceptors (Lipinski definition) is 7. The molecule has 0 N–H and O–H groups in total. The number of ether oxygens (including phenoxy) is 2. The summed E-state index contributed by atoms with van der Waals surface area (Å²) in [5, 5.41) is 12.6. The van der Waals surface area contributed by atoms with Crippen LogP contribution < -0.4 is 0 Å². The molecule has 0 aliphatic heterocycles. The number of para-hydroxylation sites is 1. The van der Waals surface area contributed by atoms with E-state index >= 15 is 0 Å². The number of nitrogens with zero attached hydrogens (tertiary/aromatic N) is 4. The Kier molecular flexibility index (Phi) is 9.42. The molecule has 0 saturated heterocycles. The summed E-state index contributed by atoms with van der Waals surface area (Å²) in [6.07, 6.45) is 1.74. The Morgan fingerprint density at radius 1 is 1.14 bits per heavy atom. The number of imidazole rings is 1. The molecule has 42 heavy (non-hydrogen) atoms. The summed E-state index contributed by atoms with van der Waals surface area (Å²) in [6, 6.07) is 11.7. The van der Waals surface area contributed by atoms with Gasteiger partial charge in [0.1, 0.15) is 11.4 Å². The third-order valence-corrected chi connectivity index (χ3v) is 7.54. The first kappa shape index (κ1) is 31.2. The first-order valence-corrected chi connectivity index (χ1v) is 14.8. The number of carbonyl (C=O) groups is 2. The highest BCUT2D eigenvalue weighted by Crippen LogP contribution is 2.42. The molecular weight excluding hydrogens is 628 g/mol. The lowest BCUT2D eigenvalue weighted by Crippen LogP contribution is -2.27. The number of fused-ring (bicyclic) bond motifs is 1. The van der Waals surface area contributed by atoms with E-state index in [4.69, 9.17) is 21.1 Å². The summed E-state index contributed by atoms with van der Waals surface area (Å²) >= 11 is 10.1. The predicted molar refractivity (Wildman–Crippen MR) is 164 cm³/mol. The van der Waals surface area contributed by atoms with Crippen molar-refractivity contribution in [2.75, 3.05) is 6.61 Å². The summed E-state index contributed by atoms with van der Waals surface area (Å²) < 4.78 is 14.6. The maximum absolute atomic E-state index is 13.5. The largest absolute Gasteiger partial charge is 0.461 e. The number of halogens is 2. The lowest BCUT2D eigenvalue weighted by atomic mass is 10.1. The summed E-state index contributed by atoms with van der Waals surface area (Å²) in [5.41, 5.74) is 1.05. The van der Waals surface area contributed by atoms with E-state index in [9.17, 15) is 19.7 Å². The van der Waals surface area contributed by atoms with Crippen LogP contribution >= 0.6 is 27.5 Å². The molecule has 12 heteroatoms. The molecule has 10 nitrogen and oxygen atoms in total. The molecule has 0 atom stereocenters. The topological polar surface area (TPSA) is 118 Å². The number of esters is 1. The van der Waals surface area contributed by atoms with Crippen molar-refractivity contribution in [3.63, 3.8) is 0 Å². The van der Waals surface area contributed by atoms with E-state index in [0.717, 1.165) is 18.4 Å². The number of aryl methyl sites for hydroxylation is 1. The monoisotopic (exact) mass is 658 g/mol. The maximum atomic E-state index is 13.5. The number of rotatable bonds is 9. The minimum atomic E-state index is -0.806. The number of benzene rings is 2. The third-order valence-electron chi connectivity index (χ3n) is 6.47. The SMILES string of the molecule is CCCCc1nc(Cl)c(C(=O)OCC)n1Cc1ccc2c(c1)c(Br)c(-c1ccccc1[N+](=O)[O-])n2C(=O)OC(C)(C)C. The fourth-order valence-electron chi connectivity index (χ4n) is 4.71. The van der Waals surface area contributed by atoms with Crippen molar-refractivity contribution in [3.05, 3.63) is 79.3 Å². The van der Waals surface area contributed by atoms with Gasteiger partial charge in [-0.25, -0.2) is 19.1 Å². The van der Waals surface area contributed by atoms with Gasteiger partial charge in [-0.05, 0) is 73.8 Å². The van der Waals surface area contributed by atoms with Gasteiger partial charge >= 0.3 is 12.1 Å². The zero-order valence-corrected chi connectivity index (χ0v) is 26.4. The molecule has 0 fully saturated rings. The van der Waals surface area contributed by atoms with Crippen molar-refractivity contribution in [2.24, 2.45) is 0 Å². The minimum absolute atomic E-state index is 0.0802.